The Labute approximate surface area is 270 Å². The standard InChI is InChI=1S/C33H39F2N7O5/c1-19(2)29(36)31(45)46-18-28(43)41-11-10-40(16-21(41)4)33-37-14-24(15-38-33)22-7-8-25-26(13-22)42(39(5)30(25)44)17-23-12-20(3)6-9-27(23)47-32(34)35/h6-9,12-15,19,21,29,32H,10-11,16-18,36H2,1-5H3/t21-,29+/m1/s1. The summed E-state index contributed by atoms with van der Waals surface area (Å²) in [4.78, 5) is 50.7. The number of carbonyl (C=O) groups excluding carboxylic acids is 2. The van der Waals surface area contributed by atoms with Crippen molar-refractivity contribution >= 4 is 28.7 Å². The van der Waals surface area contributed by atoms with Gasteiger partial charge in [0.2, 0.25) is 5.95 Å². The number of hydrogen-bond donors (Lipinski definition) is 1. The maximum absolute atomic E-state index is 13.1. The average Bonchev–Trinajstić information content (AvgIpc) is 3.28. The summed E-state index contributed by atoms with van der Waals surface area (Å²) in [6.07, 6.45) is 3.40. The van der Waals surface area contributed by atoms with Gasteiger partial charge in [-0.2, -0.15) is 8.78 Å². The first-order chi connectivity index (χ1) is 22.3. The summed E-state index contributed by atoms with van der Waals surface area (Å²) in [7, 11) is 1.63. The molecular weight excluding hydrogens is 612 g/mol. The quantitative estimate of drug-likeness (QED) is 0.256. The molecule has 0 radical (unpaired) electrons. The molecule has 1 saturated heterocycles. The van der Waals surface area contributed by atoms with Crippen LogP contribution >= 0.6 is 0 Å². The molecule has 1 fully saturated rings. The minimum atomic E-state index is -2.98. The van der Waals surface area contributed by atoms with Crippen molar-refractivity contribution in [1.29, 1.82) is 0 Å². The van der Waals surface area contributed by atoms with Crippen LogP contribution in [-0.4, -0.2) is 81.0 Å². The highest BCUT2D eigenvalue weighted by atomic mass is 19.3. The van der Waals surface area contributed by atoms with Gasteiger partial charge in [-0.3, -0.25) is 23.7 Å². The lowest BCUT2D eigenvalue weighted by Crippen LogP contribution is -2.55. The molecule has 14 heteroatoms. The number of anilines is 1. The second-order valence-corrected chi connectivity index (χ2v) is 12.1. The summed E-state index contributed by atoms with van der Waals surface area (Å²) >= 11 is 0. The third-order valence-corrected chi connectivity index (χ3v) is 8.44. The van der Waals surface area contributed by atoms with Gasteiger partial charge >= 0.3 is 12.6 Å². The van der Waals surface area contributed by atoms with Crippen molar-refractivity contribution in [3.05, 3.63) is 70.3 Å². The molecule has 2 atom stereocenters. The third-order valence-electron chi connectivity index (χ3n) is 8.44. The number of carbonyl (C=O) groups is 2. The number of nitrogens with zero attached hydrogens (tertiary/aromatic N) is 6. The number of halogens is 2. The number of rotatable bonds is 10. The van der Waals surface area contributed by atoms with Crippen molar-refractivity contribution in [1.82, 2.24) is 24.2 Å². The molecule has 2 aromatic heterocycles. The lowest BCUT2D eigenvalue weighted by atomic mass is 10.1. The van der Waals surface area contributed by atoms with Crippen molar-refractivity contribution in [3.8, 4) is 16.9 Å². The van der Waals surface area contributed by atoms with Gasteiger partial charge in [0.1, 0.15) is 11.8 Å². The zero-order valence-electron chi connectivity index (χ0n) is 27.0. The van der Waals surface area contributed by atoms with Crippen LogP contribution < -0.4 is 20.9 Å². The lowest BCUT2D eigenvalue weighted by Gasteiger charge is -2.39. The molecule has 1 aliphatic rings. The zero-order valence-corrected chi connectivity index (χ0v) is 27.0. The molecule has 2 aromatic carbocycles. The summed E-state index contributed by atoms with van der Waals surface area (Å²) in [5, 5.41) is 0.483. The van der Waals surface area contributed by atoms with E-state index in [9.17, 15) is 23.2 Å². The van der Waals surface area contributed by atoms with Crippen LogP contribution in [0.3, 0.4) is 0 Å². The highest BCUT2D eigenvalue weighted by Gasteiger charge is 2.30. The van der Waals surface area contributed by atoms with Crippen LogP contribution in [0.1, 0.15) is 31.9 Å². The van der Waals surface area contributed by atoms with E-state index < -0.39 is 18.6 Å². The summed E-state index contributed by atoms with van der Waals surface area (Å²) < 4.78 is 39.3. The molecule has 2 N–H and O–H groups in total. The minimum Gasteiger partial charge on any atom is -0.454 e. The molecule has 4 aromatic rings. The highest BCUT2D eigenvalue weighted by molar-refractivity contribution is 5.85. The number of hydrogen-bond acceptors (Lipinski definition) is 9. The van der Waals surface area contributed by atoms with Gasteiger partial charge in [-0.05, 0) is 43.5 Å². The molecule has 12 nitrogen and oxygen atoms in total. The van der Waals surface area contributed by atoms with E-state index in [-0.39, 0.29) is 42.3 Å². The van der Waals surface area contributed by atoms with Crippen LogP contribution in [-0.2, 0) is 27.9 Å². The number of piperazine rings is 1. The van der Waals surface area contributed by atoms with Crippen molar-refractivity contribution in [2.75, 3.05) is 31.1 Å². The van der Waals surface area contributed by atoms with Crippen molar-refractivity contribution in [2.45, 2.75) is 52.9 Å². The molecule has 0 bridgehead atoms. The molecule has 0 spiro atoms. The van der Waals surface area contributed by atoms with Crippen LogP contribution in [0.5, 0.6) is 5.75 Å². The number of amides is 1. The second-order valence-electron chi connectivity index (χ2n) is 12.1. The molecule has 0 aliphatic carbocycles. The Hall–Kier alpha value is -4.85. The lowest BCUT2D eigenvalue weighted by molar-refractivity contribution is -0.154. The van der Waals surface area contributed by atoms with E-state index in [2.05, 4.69) is 9.97 Å². The third kappa shape index (κ3) is 7.27. The van der Waals surface area contributed by atoms with Crippen molar-refractivity contribution < 1.29 is 27.8 Å². The predicted molar refractivity (Wildman–Crippen MR) is 172 cm³/mol. The van der Waals surface area contributed by atoms with Crippen molar-refractivity contribution in [2.24, 2.45) is 18.7 Å². The van der Waals surface area contributed by atoms with E-state index in [0.717, 1.165) is 16.7 Å². The van der Waals surface area contributed by atoms with Gasteiger partial charge < -0.3 is 25.0 Å². The van der Waals surface area contributed by atoms with E-state index in [0.29, 0.717) is 42.0 Å². The predicted octanol–water partition coefficient (Wildman–Crippen LogP) is 3.32. The Kier molecular flexibility index (Phi) is 9.89. The van der Waals surface area contributed by atoms with E-state index in [1.807, 2.05) is 44.7 Å². The van der Waals surface area contributed by atoms with E-state index in [4.69, 9.17) is 15.2 Å². The minimum absolute atomic E-state index is 0.0503. The van der Waals surface area contributed by atoms with Crippen LogP contribution in [0.25, 0.3) is 22.0 Å². The molecule has 0 unspecified atom stereocenters. The Morgan fingerprint density at radius 1 is 1.06 bits per heavy atom. The molecule has 1 amide bonds. The van der Waals surface area contributed by atoms with Gasteiger partial charge in [-0.25, -0.2) is 9.97 Å². The van der Waals surface area contributed by atoms with Crippen LogP contribution in [0.4, 0.5) is 14.7 Å². The first-order valence-electron chi connectivity index (χ1n) is 15.4. The first kappa shape index (κ1) is 33.5. The Balaban J connectivity index is 1.30. The number of benzene rings is 2. The van der Waals surface area contributed by atoms with Gasteiger partial charge in [0, 0.05) is 56.2 Å². The van der Waals surface area contributed by atoms with Gasteiger partial charge in [-0.15, -0.1) is 0 Å². The number of aromatic nitrogens is 4. The largest absolute Gasteiger partial charge is 0.454 e. The van der Waals surface area contributed by atoms with Crippen LogP contribution in [0.2, 0.25) is 0 Å². The number of aryl methyl sites for hydroxylation is 1. The SMILES string of the molecule is Cc1ccc(OC(F)F)c(Cn2c3cc(-c4cnc(N5CCN(C(=O)COC(=O)[C@@H](N)C(C)C)[C@H](C)C5)nc4)ccc3c(=O)n2C)c1. The Bertz CT molecular complexity index is 1820. The molecule has 250 valence electrons. The summed E-state index contributed by atoms with van der Waals surface area (Å²) in [5.74, 6) is -0.416. The maximum Gasteiger partial charge on any atom is 0.387 e. The Morgan fingerprint density at radius 2 is 1.79 bits per heavy atom. The van der Waals surface area contributed by atoms with Crippen molar-refractivity contribution in [3.63, 3.8) is 0 Å². The number of nitrogens with two attached hydrogens (primary N) is 1. The van der Waals surface area contributed by atoms with E-state index in [1.165, 1.54) is 10.7 Å². The zero-order chi connectivity index (χ0) is 34.0. The number of ether oxygens (including phenoxy) is 2. The smallest absolute Gasteiger partial charge is 0.387 e. The fourth-order valence-corrected chi connectivity index (χ4v) is 5.67. The molecule has 47 heavy (non-hydrogen) atoms. The molecule has 5 rings (SSSR count). The van der Waals surface area contributed by atoms with E-state index >= 15 is 0 Å². The summed E-state index contributed by atoms with van der Waals surface area (Å²) in [6, 6.07) is 9.41. The summed E-state index contributed by atoms with van der Waals surface area (Å²) in [5.41, 5.74) is 9.10. The molecular formula is C33H39F2N7O5. The van der Waals surface area contributed by atoms with Crippen LogP contribution in [0.15, 0.2) is 53.6 Å². The number of esters is 1. The molecule has 1 aliphatic heterocycles. The number of fused-ring (bicyclic) bond motifs is 1. The summed E-state index contributed by atoms with van der Waals surface area (Å²) in [6.45, 7) is 5.58. The highest BCUT2D eigenvalue weighted by Crippen LogP contribution is 2.27. The fourth-order valence-electron chi connectivity index (χ4n) is 5.67. The second kappa shape index (κ2) is 13.9. The number of alkyl halides is 2. The van der Waals surface area contributed by atoms with E-state index in [1.54, 1.807) is 47.2 Å². The van der Waals surface area contributed by atoms with Gasteiger partial charge in [-0.1, -0.05) is 37.6 Å². The van der Waals surface area contributed by atoms with Crippen LogP contribution in [0, 0.1) is 12.8 Å². The Morgan fingerprint density at radius 3 is 2.45 bits per heavy atom. The van der Waals surface area contributed by atoms with Gasteiger partial charge in [0.05, 0.1) is 17.4 Å². The average molecular weight is 652 g/mol. The maximum atomic E-state index is 13.1. The normalized spacial score (nSPS) is 15.8. The van der Waals surface area contributed by atoms with Gasteiger partial charge in [0.25, 0.3) is 11.5 Å². The fraction of sp³-hybridized carbons (Fsp3) is 0.424. The first-order valence-corrected chi connectivity index (χ1v) is 15.4. The topological polar surface area (TPSA) is 138 Å². The molecule has 3 heterocycles. The van der Waals surface area contributed by atoms with Gasteiger partial charge in [0.15, 0.2) is 6.61 Å². The molecule has 0 saturated carbocycles. The monoisotopic (exact) mass is 651 g/mol.